The summed E-state index contributed by atoms with van der Waals surface area (Å²) in [5.41, 5.74) is 0.738. The molecule has 7 heteroatoms. The molecule has 84 valence electrons. The van der Waals surface area contributed by atoms with Gasteiger partial charge in [0, 0.05) is 19.1 Å². The minimum absolute atomic E-state index is 0.100. The first-order chi connectivity index (χ1) is 6.72. The molecule has 1 N–H and O–H groups in total. The Bertz CT molecular complexity index is 432. The highest BCUT2D eigenvalue weighted by atomic mass is 32.3. The number of pyridine rings is 1. The lowest BCUT2D eigenvalue weighted by Gasteiger charge is -1.91. The minimum atomic E-state index is -4.92. The van der Waals surface area contributed by atoms with Crippen molar-refractivity contribution in [3.63, 3.8) is 0 Å². The lowest BCUT2D eigenvalue weighted by atomic mass is 10.3. The van der Waals surface area contributed by atoms with Crippen LogP contribution in [0.1, 0.15) is 17.4 Å². The number of hydrogen-bond acceptors (Lipinski definition) is 4. The molecule has 0 aliphatic heterocycles. The van der Waals surface area contributed by atoms with Gasteiger partial charge >= 0.3 is 0 Å². The van der Waals surface area contributed by atoms with Crippen LogP contribution < -0.4 is 4.57 Å². The van der Waals surface area contributed by atoms with Crippen LogP contribution in [0.3, 0.4) is 0 Å². The molecule has 0 saturated heterocycles. The second-order valence-corrected chi connectivity index (χ2v) is 3.54. The number of nitrogens with zero attached hydrogens (tertiary/aromatic N) is 1. The van der Waals surface area contributed by atoms with Gasteiger partial charge in [0.2, 0.25) is 21.9 Å². The minimum Gasteiger partial charge on any atom is -0.726 e. The Hall–Kier alpha value is -1.31. The SMILES string of the molecule is CC(=O)c1cccc[n+]1C.O=S(=O)([O-])O. The average molecular weight is 233 g/mol. The molecule has 0 aromatic carbocycles. The molecule has 0 bridgehead atoms. The van der Waals surface area contributed by atoms with E-state index in [4.69, 9.17) is 17.5 Å². The third-order valence-corrected chi connectivity index (χ3v) is 1.42. The lowest BCUT2D eigenvalue weighted by Crippen LogP contribution is -2.34. The van der Waals surface area contributed by atoms with Crippen molar-refractivity contribution in [1.29, 1.82) is 0 Å². The highest BCUT2D eigenvalue weighted by molar-refractivity contribution is 7.79. The van der Waals surface area contributed by atoms with Gasteiger partial charge < -0.3 is 4.55 Å². The van der Waals surface area contributed by atoms with E-state index in [0.29, 0.717) is 0 Å². The predicted molar refractivity (Wildman–Crippen MR) is 49.9 cm³/mol. The maximum absolute atomic E-state index is 10.8. The summed E-state index contributed by atoms with van der Waals surface area (Å²) >= 11 is 0. The quantitative estimate of drug-likeness (QED) is 0.311. The van der Waals surface area contributed by atoms with Crippen LogP contribution in [-0.4, -0.2) is 23.3 Å². The van der Waals surface area contributed by atoms with Crippen molar-refractivity contribution in [3.8, 4) is 0 Å². The molecular weight excluding hydrogens is 222 g/mol. The largest absolute Gasteiger partial charge is 0.726 e. The fourth-order valence-corrected chi connectivity index (χ4v) is 0.889. The molecule has 6 nitrogen and oxygen atoms in total. The summed E-state index contributed by atoms with van der Waals surface area (Å²) in [6, 6.07) is 5.56. The van der Waals surface area contributed by atoms with Gasteiger partial charge in [0.1, 0.15) is 7.05 Å². The maximum Gasteiger partial charge on any atom is 0.248 e. The monoisotopic (exact) mass is 233 g/mol. The Balaban J connectivity index is 0.000000336. The van der Waals surface area contributed by atoms with Gasteiger partial charge in [-0.2, -0.15) is 4.57 Å². The molecule has 0 radical (unpaired) electrons. The molecule has 1 heterocycles. The highest BCUT2D eigenvalue weighted by Crippen LogP contribution is 1.90. The van der Waals surface area contributed by atoms with Gasteiger partial charge in [-0.15, -0.1) is 0 Å². The number of carbonyl (C=O) groups is 1. The van der Waals surface area contributed by atoms with Gasteiger partial charge in [-0.1, -0.05) is 0 Å². The topological polar surface area (TPSA) is 98.4 Å². The second-order valence-electron chi connectivity index (χ2n) is 2.68. The Morgan fingerprint density at radius 2 is 1.93 bits per heavy atom. The summed E-state index contributed by atoms with van der Waals surface area (Å²) in [5.74, 6) is 0.100. The summed E-state index contributed by atoms with van der Waals surface area (Å²) in [6.07, 6.45) is 1.86. The van der Waals surface area contributed by atoms with Crippen LogP contribution in [0.5, 0.6) is 0 Å². The van der Waals surface area contributed by atoms with E-state index in [9.17, 15) is 4.79 Å². The zero-order chi connectivity index (χ0) is 12.1. The standard InChI is InChI=1S/C8H10NO.H2O4S/c1-7(10)8-5-3-4-6-9(8)2;1-5(2,3)4/h3-6H,1-2H3;(H2,1,2,3,4)/q+1;/p-1. The zero-order valence-corrected chi connectivity index (χ0v) is 9.06. The Labute approximate surface area is 87.8 Å². The molecule has 0 amide bonds. The van der Waals surface area contributed by atoms with Gasteiger partial charge in [0.15, 0.2) is 6.20 Å². The first-order valence-corrected chi connectivity index (χ1v) is 5.22. The molecular formula is C8H11NO5S. The van der Waals surface area contributed by atoms with Crippen molar-refractivity contribution in [2.75, 3.05) is 0 Å². The van der Waals surface area contributed by atoms with E-state index in [1.807, 2.05) is 36.0 Å². The number of ketones is 1. The van der Waals surface area contributed by atoms with Crippen molar-refractivity contribution in [3.05, 3.63) is 30.1 Å². The molecule has 0 unspecified atom stereocenters. The second kappa shape index (κ2) is 5.54. The van der Waals surface area contributed by atoms with Crippen molar-refractivity contribution in [1.82, 2.24) is 0 Å². The number of hydrogen-bond donors (Lipinski definition) is 1. The third-order valence-electron chi connectivity index (χ3n) is 1.42. The van der Waals surface area contributed by atoms with E-state index in [-0.39, 0.29) is 5.78 Å². The summed E-state index contributed by atoms with van der Waals surface area (Å²) < 4.78 is 34.6. The fourth-order valence-electron chi connectivity index (χ4n) is 0.889. The molecule has 0 fully saturated rings. The molecule has 1 aromatic heterocycles. The van der Waals surface area contributed by atoms with Crippen LogP contribution in [0.2, 0.25) is 0 Å². The van der Waals surface area contributed by atoms with E-state index in [2.05, 4.69) is 0 Å². The third kappa shape index (κ3) is 7.74. The van der Waals surface area contributed by atoms with Crippen molar-refractivity contribution in [2.24, 2.45) is 7.05 Å². The zero-order valence-electron chi connectivity index (χ0n) is 8.25. The smallest absolute Gasteiger partial charge is 0.248 e. The Morgan fingerprint density at radius 1 is 1.47 bits per heavy atom. The summed E-state index contributed by atoms with van der Waals surface area (Å²) in [6.45, 7) is 1.56. The number of Topliss-reactive ketones (excluding diaryl/α,β-unsaturated/α-hetero) is 1. The molecule has 0 spiro atoms. The van der Waals surface area contributed by atoms with Crippen LogP contribution in [0.25, 0.3) is 0 Å². The molecule has 0 aliphatic carbocycles. The van der Waals surface area contributed by atoms with E-state index in [1.54, 1.807) is 6.92 Å². The molecule has 1 aromatic rings. The van der Waals surface area contributed by atoms with Crippen LogP contribution in [0.15, 0.2) is 24.4 Å². The maximum atomic E-state index is 10.8. The Morgan fingerprint density at radius 3 is 2.20 bits per heavy atom. The fraction of sp³-hybridized carbons (Fsp3) is 0.250. The van der Waals surface area contributed by atoms with Crippen LogP contribution in [0, 0.1) is 0 Å². The van der Waals surface area contributed by atoms with E-state index >= 15 is 0 Å². The average Bonchev–Trinajstić information content (AvgIpc) is 2.01. The highest BCUT2D eigenvalue weighted by Gasteiger charge is 2.08. The van der Waals surface area contributed by atoms with E-state index < -0.39 is 10.4 Å². The first-order valence-electron chi connectivity index (χ1n) is 3.85. The summed E-state index contributed by atoms with van der Waals surface area (Å²) in [7, 11) is -3.06. The molecule has 15 heavy (non-hydrogen) atoms. The van der Waals surface area contributed by atoms with E-state index in [1.165, 1.54) is 0 Å². The molecule has 0 atom stereocenters. The van der Waals surface area contributed by atoms with Gasteiger partial charge in [-0.05, 0) is 6.07 Å². The summed E-state index contributed by atoms with van der Waals surface area (Å²) in [4.78, 5) is 10.8. The normalized spacial score (nSPS) is 10.1. The van der Waals surface area contributed by atoms with Gasteiger partial charge in [0.25, 0.3) is 0 Å². The van der Waals surface area contributed by atoms with Crippen molar-refractivity contribution >= 4 is 16.2 Å². The van der Waals surface area contributed by atoms with Gasteiger partial charge in [0.05, 0.1) is 0 Å². The van der Waals surface area contributed by atoms with Crippen molar-refractivity contribution < 1.29 is 26.9 Å². The van der Waals surface area contributed by atoms with Crippen LogP contribution >= 0.6 is 0 Å². The predicted octanol–water partition coefficient (Wildman–Crippen LogP) is -0.282. The van der Waals surface area contributed by atoms with Crippen LogP contribution in [-0.2, 0) is 17.4 Å². The van der Waals surface area contributed by atoms with Gasteiger partial charge in [-0.25, -0.2) is 8.42 Å². The van der Waals surface area contributed by atoms with E-state index in [0.717, 1.165) is 5.69 Å². The summed E-state index contributed by atoms with van der Waals surface area (Å²) in [5, 5.41) is 0. The molecule has 0 saturated carbocycles. The number of carbonyl (C=O) groups excluding carboxylic acids is 1. The number of aryl methyl sites for hydroxylation is 1. The van der Waals surface area contributed by atoms with Crippen LogP contribution in [0.4, 0.5) is 0 Å². The Kier molecular flexibility index (Phi) is 5.06. The first kappa shape index (κ1) is 13.7. The lowest BCUT2D eigenvalue weighted by molar-refractivity contribution is -0.673. The number of rotatable bonds is 1. The van der Waals surface area contributed by atoms with Crippen molar-refractivity contribution in [2.45, 2.75) is 6.92 Å². The molecule has 1 rings (SSSR count). The molecule has 0 aliphatic rings. The number of aromatic nitrogens is 1. The van der Waals surface area contributed by atoms with Gasteiger partial charge in [-0.3, -0.25) is 9.35 Å².